The van der Waals surface area contributed by atoms with Crippen molar-refractivity contribution in [3.05, 3.63) is 229 Å². The van der Waals surface area contributed by atoms with Crippen molar-refractivity contribution in [2.24, 2.45) is 0 Å². The Balaban J connectivity index is 1.34. The molecule has 2 heteroatoms. The molecule has 68 heavy (non-hydrogen) atoms. The van der Waals surface area contributed by atoms with Crippen LogP contribution in [0.5, 0.6) is 0 Å². The van der Waals surface area contributed by atoms with Gasteiger partial charge in [-0.3, -0.25) is 0 Å². The molecule has 2 nitrogen and oxygen atoms in total. The third kappa shape index (κ3) is 8.57. The Morgan fingerprint density at radius 2 is 0.721 bits per heavy atom. The molecule has 0 amide bonds. The van der Waals surface area contributed by atoms with E-state index < -0.39 is 0 Å². The van der Waals surface area contributed by atoms with Crippen LogP contribution in [0.15, 0.2) is 212 Å². The summed E-state index contributed by atoms with van der Waals surface area (Å²) in [6.45, 7) is 20.8. The molecule has 0 saturated heterocycles. The number of rotatable bonds is 8. The van der Waals surface area contributed by atoms with Crippen LogP contribution in [0.2, 0.25) is 0 Å². The molecule has 0 heterocycles. The van der Waals surface area contributed by atoms with Gasteiger partial charge in [0, 0.05) is 28.0 Å². The molecule has 0 atom stereocenters. The molecule has 0 unspecified atom stereocenters. The second-order valence-electron chi connectivity index (χ2n) is 21.5. The standard InChI is InChI=1S/C66H62N2/c1-64(2,3)51-31-37-55(38-32-51)67(54-35-28-47(29-36-54)45-18-11-10-12-19-45)61-43-53(66(7,8)9)44-62(63(61)50-27-26-46-20-13-14-22-49(46)42-50)68(56-39-33-52(34-40-56)65(4,5)6)60-25-17-24-58-57-23-16-15-21-48(57)30-41-59(58)60/h10-44H,1-9H3. The molecule has 0 bridgehead atoms. The first-order valence-electron chi connectivity index (χ1n) is 24.2. The van der Waals surface area contributed by atoms with Crippen LogP contribution in [0.3, 0.4) is 0 Å². The van der Waals surface area contributed by atoms with E-state index in [0.29, 0.717) is 0 Å². The predicted octanol–water partition coefficient (Wildman–Crippen LogP) is 19.3. The van der Waals surface area contributed by atoms with Crippen LogP contribution in [0.4, 0.5) is 34.1 Å². The Morgan fingerprint density at radius 3 is 1.32 bits per heavy atom. The summed E-state index contributed by atoms with van der Waals surface area (Å²) in [5.41, 5.74) is 15.0. The highest BCUT2D eigenvalue weighted by Gasteiger charge is 2.30. The predicted molar refractivity (Wildman–Crippen MR) is 295 cm³/mol. The van der Waals surface area contributed by atoms with Crippen molar-refractivity contribution < 1.29 is 0 Å². The van der Waals surface area contributed by atoms with E-state index in [1.54, 1.807) is 0 Å². The number of nitrogens with zero attached hydrogens (tertiary/aromatic N) is 2. The minimum Gasteiger partial charge on any atom is -0.310 e. The fourth-order valence-electron chi connectivity index (χ4n) is 9.75. The van der Waals surface area contributed by atoms with E-state index in [0.717, 1.165) is 45.3 Å². The molecule has 10 rings (SSSR count). The van der Waals surface area contributed by atoms with E-state index >= 15 is 0 Å². The number of hydrogen-bond acceptors (Lipinski definition) is 2. The highest BCUT2D eigenvalue weighted by molar-refractivity contribution is 6.14. The number of hydrogen-bond donors (Lipinski definition) is 0. The molecule has 0 N–H and O–H groups in total. The molecule has 10 aromatic rings. The summed E-state index contributed by atoms with van der Waals surface area (Å²) in [6, 6.07) is 79.3. The summed E-state index contributed by atoms with van der Waals surface area (Å²) < 4.78 is 0. The largest absolute Gasteiger partial charge is 0.310 e. The van der Waals surface area contributed by atoms with Crippen molar-refractivity contribution in [1.82, 2.24) is 0 Å². The summed E-state index contributed by atoms with van der Waals surface area (Å²) in [5.74, 6) is 0. The van der Waals surface area contributed by atoms with Gasteiger partial charge in [0.2, 0.25) is 0 Å². The third-order valence-corrected chi connectivity index (χ3v) is 13.7. The quantitative estimate of drug-likeness (QED) is 0.140. The van der Waals surface area contributed by atoms with E-state index in [9.17, 15) is 0 Å². The zero-order chi connectivity index (χ0) is 47.4. The molecule has 336 valence electrons. The van der Waals surface area contributed by atoms with E-state index in [2.05, 4.69) is 284 Å². The zero-order valence-corrected chi connectivity index (χ0v) is 41.1. The molecule has 10 aromatic carbocycles. The molecule has 0 aliphatic carbocycles. The third-order valence-electron chi connectivity index (χ3n) is 13.7. The molecular formula is C66H62N2. The van der Waals surface area contributed by atoms with E-state index in [4.69, 9.17) is 0 Å². The van der Waals surface area contributed by atoms with Crippen molar-refractivity contribution >= 4 is 66.4 Å². The second-order valence-corrected chi connectivity index (χ2v) is 21.5. The lowest BCUT2D eigenvalue weighted by molar-refractivity contribution is 0.589. The fourth-order valence-corrected chi connectivity index (χ4v) is 9.75. The lowest BCUT2D eigenvalue weighted by Crippen LogP contribution is -2.20. The normalized spacial score (nSPS) is 12.2. The molecule has 0 aliphatic heterocycles. The molecule has 0 spiro atoms. The van der Waals surface area contributed by atoms with Crippen LogP contribution in [-0.2, 0) is 16.2 Å². The van der Waals surface area contributed by atoms with Gasteiger partial charge in [-0.15, -0.1) is 0 Å². The van der Waals surface area contributed by atoms with Crippen LogP contribution < -0.4 is 9.80 Å². The zero-order valence-electron chi connectivity index (χ0n) is 41.1. The van der Waals surface area contributed by atoms with Crippen LogP contribution >= 0.6 is 0 Å². The summed E-state index contributed by atoms with van der Waals surface area (Å²) >= 11 is 0. The van der Waals surface area contributed by atoms with Gasteiger partial charge in [-0.05, 0) is 137 Å². The lowest BCUT2D eigenvalue weighted by atomic mass is 9.83. The molecule has 0 radical (unpaired) electrons. The molecular weight excluding hydrogens is 821 g/mol. The van der Waals surface area contributed by atoms with Crippen molar-refractivity contribution in [1.29, 1.82) is 0 Å². The van der Waals surface area contributed by atoms with Gasteiger partial charge in [0.15, 0.2) is 0 Å². The van der Waals surface area contributed by atoms with E-state index in [-0.39, 0.29) is 16.2 Å². The Bertz CT molecular complexity index is 3410. The Kier molecular flexibility index (Phi) is 11.3. The fraction of sp³-hybridized carbons (Fsp3) is 0.182. The Morgan fingerprint density at radius 1 is 0.265 bits per heavy atom. The first-order chi connectivity index (χ1) is 32.6. The van der Waals surface area contributed by atoms with Gasteiger partial charge >= 0.3 is 0 Å². The maximum absolute atomic E-state index is 2.55. The summed E-state index contributed by atoms with van der Waals surface area (Å²) in [4.78, 5) is 5.05. The van der Waals surface area contributed by atoms with Gasteiger partial charge in [-0.25, -0.2) is 0 Å². The maximum Gasteiger partial charge on any atom is 0.0564 e. The Labute approximate surface area is 404 Å². The van der Waals surface area contributed by atoms with Gasteiger partial charge in [0.05, 0.1) is 17.1 Å². The highest BCUT2D eigenvalue weighted by atomic mass is 15.2. The Hall–Kier alpha value is -7.42. The smallest absolute Gasteiger partial charge is 0.0564 e. The highest BCUT2D eigenvalue weighted by Crippen LogP contribution is 2.53. The number of benzene rings is 10. The SMILES string of the molecule is CC(C)(C)c1ccc(N(c2ccc(-c3ccccc3)cc2)c2cc(C(C)(C)C)cc(N(c3ccc(C(C)(C)C)cc3)c3cccc4c3ccc3ccccc34)c2-c2ccc3ccccc3c2)cc1. The average Bonchev–Trinajstić information content (AvgIpc) is 3.34. The van der Waals surface area contributed by atoms with Gasteiger partial charge in [-0.2, -0.15) is 0 Å². The molecule has 0 saturated carbocycles. The van der Waals surface area contributed by atoms with Crippen LogP contribution in [-0.4, -0.2) is 0 Å². The monoisotopic (exact) mass is 882 g/mol. The van der Waals surface area contributed by atoms with Gasteiger partial charge in [-0.1, -0.05) is 214 Å². The summed E-state index contributed by atoms with van der Waals surface area (Å²) in [6.07, 6.45) is 0. The minimum absolute atomic E-state index is 0.00307. The topological polar surface area (TPSA) is 6.48 Å². The average molecular weight is 883 g/mol. The number of anilines is 6. The molecule has 0 fully saturated rings. The van der Waals surface area contributed by atoms with Crippen LogP contribution in [0, 0.1) is 0 Å². The summed E-state index contributed by atoms with van der Waals surface area (Å²) in [5, 5.41) is 7.33. The van der Waals surface area contributed by atoms with Gasteiger partial charge < -0.3 is 9.80 Å². The maximum atomic E-state index is 2.55. The van der Waals surface area contributed by atoms with Crippen LogP contribution in [0.1, 0.15) is 79.0 Å². The van der Waals surface area contributed by atoms with Crippen molar-refractivity contribution in [3.8, 4) is 22.3 Å². The van der Waals surface area contributed by atoms with E-state index in [1.807, 2.05) is 0 Å². The minimum atomic E-state index is -0.207. The first-order valence-corrected chi connectivity index (χ1v) is 24.2. The van der Waals surface area contributed by atoms with Crippen molar-refractivity contribution in [2.45, 2.75) is 78.6 Å². The van der Waals surface area contributed by atoms with Gasteiger partial charge in [0.25, 0.3) is 0 Å². The van der Waals surface area contributed by atoms with Crippen molar-refractivity contribution in [3.63, 3.8) is 0 Å². The van der Waals surface area contributed by atoms with Crippen LogP contribution in [0.25, 0.3) is 54.6 Å². The lowest BCUT2D eigenvalue weighted by Gasteiger charge is -2.36. The first kappa shape index (κ1) is 44.4. The summed E-state index contributed by atoms with van der Waals surface area (Å²) in [7, 11) is 0. The van der Waals surface area contributed by atoms with Crippen molar-refractivity contribution in [2.75, 3.05) is 9.80 Å². The molecule has 0 aliphatic rings. The number of fused-ring (bicyclic) bond motifs is 4. The van der Waals surface area contributed by atoms with Gasteiger partial charge in [0.1, 0.15) is 0 Å². The second kappa shape index (κ2) is 17.3. The van der Waals surface area contributed by atoms with E-state index in [1.165, 1.54) is 60.1 Å². The molecule has 0 aromatic heterocycles.